The van der Waals surface area contributed by atoms with Crippen molar-refractivity contribution in [2.75, 3.05) is 11.9 Å². The quantitative estimate of drug-likeness (QED) is 0.660. The Morgan fingerprint density at radius 3 is 2.43 bits per heavy atom. The van der Waals surface area contributed by atoms with Crippen LogP contribution < -0.4 is 5.32 Å². The molecule has 2 aromatic carbocycles. The number of hydrogen-bond acceptors (Lipinski definition) is 2. The van der Waals surface area contributed by atoms with E-state index in [0.29, 0.717) is 11.6 Å². The average Bonchev–Trinajstić information content (AvgIpc) is 2.77. The standard InChI is InChI=1S/C19H21ClN2O/c1-19(2)12-17(13-21-16-6-4-3-5-7-16)22(23)18(19)14-8-10-15(20)11-9-14/h3-11,17,21H,12-13H2,1-2H3. The summed E-state index contributed by atoms with van der Waals surface area (Å²) in [7, 11) is 0. The normalized spacial score (nSPS) is 19.9. The molecule has 0 aromatic heterocycles. The van der Waals surface area contributed by atoms with Crippen molar-refractivity contribution in [3.8, 4) is 0 Å². The Balaban J connectivity index is 1.82. The molecule has 0 radical (unpaired) electrons. The third kappa shape index (κ3) is 3.35. The Kier molecular flexibility index (Phi) is 4.31. The van der Waals surface area contributed by atoms with Crippen molar-refractivity contribution >= 4 is 23.0 Å². The van der Waals surface area contributed by atoms with E-state index < -0.39 is 0 Å². The molecular weight excluding hydrogens is 308 g/mol. The maximum Gasteiger partial charge on any atom is 0.200 e. The van der Waals surface area contributed by atoms with Crippen molar-refractivity contribution in [3.05, 3.63) is 70.4 Å². The number of nitrogens with one attached hydrogen (secondary N) is 1. The summed E-state index contributed by atoms with van der Waals surface area (Å²) in [6.45, 7) is 4.89. The monoisotopic (exact) mass is 328 g/mol. The number of para-hydroxylation sites is 1. The minimum Gasteiger partial charge on any atom is -0.623 e. The zero-order valence-electron chi connectivity index (χ0n) is 13.4. The van der Waals surface area contributed by atoms with Gasteiger partial charge in [0.05, 0.1) is 12.0 Å². The molecule has 4 heteroatoms. The Morgan fingerprint density at radius 2 is 1.78 bits per heavy atom. The van der Waals surface area contributed by atoms with Crippen molar-refractivity contribution in [1.29, 1.82) is 0 Å². The van der Waals surface area contributed by atoms with Crippen molar-refractivity contribution < 1.29 is 4.74 Å². The Hall–Kier alpha value is -2.00. The third-order valence-electron chi connectivity index (χ3n) is 4.37. The molecule has 0 spiro atoms. The van der Waals surface area contributed by atoms with Gasteiger partial charge >= 0.3 is 0 Å². The van der Waals surface area contributed by atoms with E-state index in [4.69, 9.17) is 11.6 Å². The number of benzene rings is 2. The van der Waals surface area contributed by atoms with Crippen LogP contribution in [0.3, 0.4) is 0 Å². The van der Waals surface area contributed by atoms with E-state index in [1.807, 2.05) is 54.6 Å². The predicted molar refractivity (Wildman–Crippen MR) is 96.3 cm³/mol. The van der Waals surface area contributed by atoms with E-state index in [1.165, 1.54) is 4.74 Å². The lowest BCUT2D eigenvalue weighted by Crippen LogP contribution is -2.27. The van der Waals surface area contributed by atoms with Gasteiger partial charge < -0.3 is 10.5 Å². The highest BCUT2D eigenvalue weighted by Gasteiger charge is 2.45. The molecule has 1 aliphatic heterocycles. The fourth-order valence-corrected chi connectivity index (χ4v) is 3.45. The summed E-state index contributed by atoms with van der Waals surface area (Å²) in [6, 6.07) is 17.4. The van der Waals surface area contributed by atoms with Gasteiger partial charge in [0.2, 0.25) is 5.71 Å². The summed E-state index contributed by atoms with van der Waals surface area (Å²) in [5.41, 5.74) is 2.68. The van der Waals surface area contributed by atoms with Crippen LogP contribution in [0, 0.1) is 10.6 Å². The van der Waals surface area contributed by atoms with Crippen LogP contribution in [0.4, 0.5) is 5.69 Å². The van der Waals surface area contributed by atoms with Gasteiger partial charge in [0, 0.05) is 22.7 Å². The lowest BCUT2D eigenvalue weighted by molar-refractivity contribution is -0.487. The molecule has 1 unspecified atom stereocenters. The van der Waals surface area contributed by atoms with Gasteiger partial charge in [0.1, 0.15) is 0 Å². The van der Waals surface area contributed by atoms with E-state index in [-0.39, 0.29) is 11.5 Å². The first-order valence-corrected chi connectivity index (χ1v) is 8.24. The zero-order chi connectivity index (χ0) is 16.4. The minimum atomic E-state index is -0.154. The average molecular weight is 329 g/mol. The van der Waals surface area contributed by atoms with Gasteiger partial charge in [-0.15, -0.1) is 0 Å². The first kappa shape index (κ1) is 15.9. The molecule has 120 valence electrons. The van der Waals surface area contributed by atoms with Crippen LogP contribution in [-0.2, 0) is 0 Å². The van der Waals surface area contributed by atoms with Crippen molar-refractivity contribution in [1.82, 2.24) is 0 Å². The second-order valence-corrected chi connectivity index (χ2v) is 7.11. The number of hydrogen-bond donors (Lipinski definition) is 1. The van der Waals surface area contributed by atoms with E-state index >= 15 is 0 Å². The molecule has 1 atom stereocenters. The van der Waals surface area contributed by atoms with Gasteiger partial charge in [-0.2, -0.15) is 0 Å². The lowest BCUT2D eigenvalue weighted by atomic mass is 9.81. The van der Waals surface area contributed by atoms with Gasteiger partial charge in [-0.25, -0.2) is 4.74 Å². The third-order valence-corrected chi connectivity index (χ3v) is 4.62. The molecule has 2 aromatic rings. The molecule has 1 aliphatic rings. The molecule has 23 heavy (non-hydrogen) atoms. The molecule has 0 saturated heterocycles. The van der Waals surface area contributed by atoms with E-state index in [2.05, 4.69) is 19.2 Å². The molecule has 1 N–H and O–H groups in total. The summed E-state index contributed by atoms with van der Waals surface area (Å²) in [6.07, 6.45) is 0.828. The summed E-state index contributed by atoms with van der Waals surface area (Å²) in [4.78, 5) is 0. The number of anilines is 1. The highest BCUT2D eigenvalue weighted by atomic mass is 35.5. The maximum absolute atomic E-state index is 12.8. The largest absolute Gasteiger partial charge is 0.623 e. The van der Waals surface area contributed by atoms with Crippen LogP contribution in [-0.4, -0.2) is 23.0 Å². The number of rotatable bonds is 4. The number of nitrogens with zero attached hydrogens (tertiary/aromatic N) is 1. The molecule has 0 amide bonds. The van der Waals surface area contributed by atoms with Gasteiger partial charge in [-0.1, -0.05) is 29.8 Å². The number of hydroxylamine groups is 1. The molecule has 0 saturated carbocycles. The van der Waals surface area contributed by atoms with Crippen LogP contribution in [0.5, 0.6) is 0 Å². The summed E-state index contributed by atoms with van der Waals surface area (Å²) in [5.74, 6) is 0. The van der Waals surface area contributed by atoms with E-state index in [0.717, 1.165) is 23.4 Å². The molecule has 0 fully saturated rings. The molecular formula is C19H21ClN2O. The fourth-order valence-electron chi connectivity index (χ4n) is 3.32. The van der Waals surface area contributed by atoms with Crippen LogP contribution in [0.1, 0.15) is 25.8 Å². The minimum absolute atomic E-state index is 0.0733. The maximum atomic E-state index is 12.8. The molecule has 1 heterocycles. The van der Waals surface area contributed by atoms with Crippen molar-refractivity contribution in [2.24, 2.45) is 5.41 Å². The highest BCUT2D eigenvalue weighted by molar-refractivity contribution is 6.30. The summed E-state index contributed by atoms with van der Waals surface area (Å²) >= 11 is 5.96. The van der Waals surface area contributed by atoms with Crippen LogP contribution in [0.25, 0.3) is 0 Å². The summed E-state index contributed by atoms with van der Waals surface area (Å²) < 4.78 is 1.18. The topological polar surface area (TPSA) is 38.1 Å². The SMILES string of the molecule is CC1(C)CC(CNc2ccccc2)[N+]([O-])=C1c1ccc(Cl)cc1. The van der Waals surface area contributed by atoms with E-state index in [9.17, 15) is 5.21 Å². The Morgan fingerprint density at radius 1 is 1.13 bits per heavy atom. The summed E-state index contributed by atoms with van der Waals surface area (Å²) in [5, 5.41) is 16.9. The first-order valence-electron chi connectivity index (χ1n) is 7.86. The van der Waals surface area contributed by atoms with Crippen LogP contribution in [0.15, 0.2) is 54.6 Å². The fraction of sp³-hybridized carbons (Fsp3) is 0.316. The lowest BCUT2D eigenvalue weighted by Gasteiger charge is -2.16. The molecule has 3 nitrogen and oxygen atoms in total. The Bertz CT molecular complexity index is 708. The molecule has 0 bridgehead atoms. The van der Waals surface area contributed by atoms with Gasteiger partial charge in [0.25, 0.3) is 0 Å². The molecule has 0 aliphatic carbocycles. The predicted octanol–water partition coefficient (Wildman–Crippen LogP) is 4.55. The molecule has 3 rings (SSSR count). The van der Waals surface area contributed by atoms with Crippen LogP contribution >= 0.6 is 11.6 Å². The van der Waals surface area contributed by atoms with Gasteiger partial charge in [0.15, 0.2) is 6.04 Å². The van der Waals surface area contributed by atoms with Crippen LogP contribution in [0.2, 0.25) is 5.02 Å². The number of halogens is 1. The van der Waals surface area contributed by atoms with Crippen molar-refractivity contribution in [3.63, 3.8) is 0 Å². The zero-order valence-corrected chi connectivity index (χ0v) is 14.2. The van der Waals surface area contributed by atoms with Gasteiger partial charge in [-0.05, 0) is 50.2 Å². The highest BCUT2D eigenvalue weighted by Crippen LogP contribution is 2.35. The van der Waals surface area contributed by atoms with Crippen molar-refractivity contribution in [2.45, 2.75) is 26.3 Å². The smallest absolute Gasteiger partial charge is 0.200 e. The van der Waals surface area contributed by atoms with E-state index in [1.54, 1.807) is 0 Å². The second-order valence-electron chi connectivity index (χ2n) is 6.67. The first-order chi connectivity index (χ1) is 11.0. The second kappa shape index (κ2) is 6.25. The Labute approximate surface area is 142 Å². The van der Waals surface area contributed by atoms with Gasteiger partial charge in [-0.3, -0.25) is 0 Å².